The zero-order valence-corrected chi connectivity index (χ0v) is 8.53. The first-order chi connectivity index (χ1) is 6.11. The molecule has 3 atom stereocenters. The van der Waals surface area contributed by atoms with Gasteiger partial charge in [-0.3, -0.25) is 0 Å². The van der Waals surface area contributed by atoms with E-state index in [0.29, 0.717) is 6.04 Å². The van der Waals surface area contributed by atoms with Crippen LogP contribution in [0.3, 0.4) is 0 Å². The number of rotatable bonds is 2. The van der Waals surface area contributed by atoms with E-state index in [-0.39, 0.29) is 6.04 Å². The van der Waals surface area contributed by atoms with Crippen molar-refractivity contribution in [1.82, 2.24) is 5.32 Å². The van der Waals surface area contributed by atoms with E-state index in [9.17, 15) is 10.2 Å². The van der Waals surface area contributed by atoms with Gasteiger partial charge in [0.15, 0.2) is 0 Å². The van der Waals surface area contributed by atoms with Gasteiger partial charge in [-0.25, -0.2) is 0 Å². The van der Waals surface area contributed by atoms with Crippen LogP contribution in [0.2, 0.25) is 0 Å². The smallest absolute Gasteiger partial charge is 0.0951 e. The first-order valence-corrected chi connectivity index (χ1v) is 5.23. The molecule has 0 aromatic carbocycles. The van der Waals surface area contributed by atoms with Crippen LogP contribution in [0.15, 0.2) is 0 Å². The topological polar surface area (TPSA) is 52.5 Å². The molecule has 78 valence electrons. The normalized spacial score (nSPS) is 36.2. The van der Waals surface area contributed by atoms with E-state index in [1.54, 1.807) is 0 Å². The Morgan fingerprint density at radius 3 is 2.38 bits per heavy atom. The fourth-order valence-corrected chi connectivity index (χ4v) is 1.94. The van der Waals surface area contributed by atoms with E-state index in [1.165, 1.54) is 0 Å². The average molecular weight is 187 g/mol. The maximum absolute atomic E-state index is 9.75. The lowest BCUT2D eigenvalue weighted by atomic mass is 10.0. The van der Waals surface area contributed by atoms with Crippen molar-refractivity contribution in [3.8, 4) is 0 Å². The summed E-state index contributed by atoms with van der Waals surface area (Å²) in [6.07, 6.45) is 2.68. The van der Waals surface area contributed by atoms with Gasteiger partial charge in [0.25, 0.3) is 0 Å². The van der Waals surface area contributed by atoms with E-state index in [2.05, 4.69) is 19.2 Å². The largest absolute Gasteiger partial charge is 0.390 e. The van der Waals surface area contributed by atoms with Gasteiger partial charge in [-0.1, -0.05) is 26.7 Å². The van der Waals surface area contributed by atoms with Crippen LogP contribution in [0, 0.1) is 0 Å². The van der Waals surface area contributed by atoms with Crippen molar-refractivity contribution in [3.05, 3.63) is 0 Å². The van der Waals surface area contributed by atoms with Gasteiger partial charge < -0.3 is 15.5 Å². The summed E-state index contributed by atoms with van der Waals surface area (Å²) >= 11 is 0. The molecule has 0 saturated heterocycles. The van der Waals surface area contributed by atoms with Crippen molar-refractivity contribution in [3.63, 3.8) is 0 Å². The lowest BCUT2D eigenvalue weighted by molar-refractivity contribution is -0.00351. The van der Waals surface area contributed by atoms with E-state index < -0.39 is 12.2 Å². The van der Waals surface area contributed by atoms with Crippen molar-refractivity contribution in [2.75, 3.05) is 0 Å². The van der Waals surface area contributed by atoms with Crippen LogP contribution in [-0.2, 0) is 0 Å². The Labute approximate surface area is 80.2 Å². The molecule has 1 aliphatic carbocycles. The van der Waals surface area contributed by atoms with Gasteiger partial charge in [-0.2, -0.15) is 0 Å². The summed E-state index contributed by atoms with van der Waals surface area (Å²) in [7, 11) is 0. The zero-order chi connectivity index (χ0) is 9.84. The third-order valence-corrected chi connectivity index (χ3v) is 2.62. The molecule has 3 nitrogen and oxygen atoms in total. The molecule has 0 spiro atoms. The predicted octanol–water partition coefficient (Wildman–Crippen LogP) is 0.649. The molecule has 3 heteroatoms. The molecule has 13 heavy (non-hydrogen) atoms. The number of hydrogen-bond donors (Lipinski definition) is 3. The SMILES string of the molecule is CC(C)N[C@@H]1CCCC[C@H](O)[C@@H]1O. The molecule has 0 aromatic rings. The minimum Gasteiger partial charge on any atom is -0.390 e. The van der Waals surface area contributed by atoms with Gasteiger partial charge >= 0.3 is 0 Å². The summed E-state index contributed by atoms with van der Waals surface area (Å²) in [6, 6.07) is 0.433. The Bertz CT molecular complexity index is 150. The highest BCUT2D eigenvalue weighted by Crippen LogP contribution is 2.18. The number of aliphatic hydroxyl groups is 2. The highest BCUT2D eigenvalue weighted by molar-refractivity contribution is 4.85. The highest BCUT2D eigenvalue weighted by atomic mass is 16.3. The number of hydrogen-bond acceptors (Lipinski definition) is 3. The van der Waals surface area contributed by atoms with E-state index in [0.717, 1.165) is 25.7 Å². The van der Waals surface area contributed by atoms with Crippen molar-refractivity contribution in [2.24, 2.45) is 0 Å². The highest BCUT2D eigenvalue weighted by Gasteiger charge is 2.28. The molecule has 3 N–H and O–H groups in total. The molecular weight excluding hydrogens is 166 g/mol. The van der Waals surface area contributed by atoms with Crippen LogP contribution < -0.4 is 5.32 Å². The molecule has 0 bridgehead atoms. The number of aliphatic hydroxyl groups excluding tert-OH is 2. The first-order valence-electron chi connectivity index (χ1n) is 5.23. The lowest BCUT2D eigenvalue weighted by Crippen LogP contribution is -2.47. The van der Waals surface area contributed by atoms with Crippen LogP contribution in [0.25, 0.3) is 0 Å². The molecule has 0 unspecified atom stereocenters. The third kappa shape index (κ3) is 3.25. The van der Waals surface area contributed by atoms with Gasteiger partial charge in [0.2, 0.25) is 0 Å². The summed E-state index contributed by atoms with van der Waals surface area (Å²) in [4.78, 5) is 0. The Morgan fingerprint density at radius 1 is 1.15 bits per heavy atom. The van der Waals surface area contributed by atoms with E-state index in [4.69, 9.17) is 0 Å². The molecular formula is C10H21NO2. The van der Waals surface area contributed by atoms with Gasteiger partial charge in [0.05, 0.1) is 12.2 Å². The van der Waals surface area contributed by atoms with Crippen molar-refractivity contribution >= 4 is 0 Å². The van der Waals surface area contributed by atoms with Crippen LogP contribution in [0.1, 0.15) is 39.5 Å². The molecule has 1 saturated carbocycles. The second-order valence-electron chi connectivity index (χ2n) is 4.27. The lowest BCUT2D eigenvalue weighted by Gasteiger charge is -2.26. The first kappa shape index (κ1) is 11.0. The summed E-state index contributed by atoms with van der Waals surface area (Å²) in [6.45, 7) is 4.12. The Balaban J connectivity index is 2.49. The van der Waals surface area contributed by atoms with Crippen LogP contribution in [0.5, 0.6) is 0 Å². The third-order valence-electron chi connectivity index (χ3n) is 2.62. The molecule has 0 aliphatic heterocycles. The summed E-state index contributed by atoms with van der Waals surface area (Å²) in [5.41, 5.74) is 0. The molecule has 1 rings (SSSR count). The second-order valence-corrected chi connectivity index (χ2v) is 4.27. The zero-order valence-electron chi connectivity index (χ0n) is 8.53. The minimum absolute atomic E-state index is 0.0671. The summed E-state index contributed by atoms with van der Waals surface area (Å²) in [5.74, 6) is 0. The quantitative estimate of drug-likeness (QED) is 0.556. The molecule has 0 radical (unpaired) electrons. The Morgan fingerprint density at radius 2 is 1.77 bits per heavy atom. The van der Waals surface area contributed by atoms with Crippen LogP contribution in [0.4, 0.5) is 0 Å². The molecule has 1 fully saturated rings. The standard InChI is InChI=1S/C10H21NO2/c1-7(2)11-8-5-3-4-6-9(12)10(8)13/h7-13H,3-6H2,1-2H3/t8-,9+,10-/m1/s1. The molecule has 0 aromatic heterocycles. The van der Waals surface area contributed by atoms with Crippen LogP contribution >= 0.6 is 0 Å². The van der Waals surface area contributed by atoms with Crippen LogP contribution in [-0.4, -0.2) is 34.5 Å². The van der Waals surface area contributed by atoms with E-state index >= 15 is 0 Å². The Hall–Kier alpha value is -0.120. The fourth-order valence-electron chi connectivity index (χ4n) is 1.94. The fraction of sp³-hybridized carbons (Fsp3) is 1.00. The molecule has 0 heterocycles. The minimum atomic E-state index is -0.593. The maximum atomic E-state index is 9.75. The second kappa shape index (κ2) is 4.94. The number of nitrogens with one attached hydrogen (secondary N) is 1. The average Bonchev–Trinajstić information content (AvgIpc) is 2.19. The maximum Gasteiger partial charge on any atom is 0.0951 e. The molecule has 1 aliphatic rings. The predicted molar refractivity (Wildman–Crippen MR) is 52.5 cm³/mol. The van der Waals surface area contributed by atoms with Gasteiger partial charge in [0.1, 0.15) is 0 Å². The summed E-state index contributed by atoms with van der Waals surface area (Å²) in [5, 5.41) is 22.6. The van der Waals surface area contributed by atoms with Gasteiger partial charge in [0, 0.05) is 12.1 Å². The van der Waals surface area contributed by atoms with Crippen molar-refractivity contribution < 1.29 is 10.2 Å². The summed E-state index contributed by atoms with van der Waals surface area (Å²) < 4.78 is 0. The van der Waals surface area contributed by atoms with E-state index in [1.807, 2.05) is 0 Å². The Kier molecular flexibility index (Phi) is 4.16. The van der Waals surface area contributed by atoms with Gasteiger partial charge in [-0.05, 0) is 12.8 Å². The molecule has 0 amide bonds. The van der Waals surface area contributed by atoms with Crippen molar-refractivity contribution in [2.45, 2.75) is 63.8 Å². The monoisotopic (exact) mass is 187 g/mol. The van der Waals surface area contributed by atoms with Gasteiger partial charge in [-0.15, -0.1) is 0 Å². The van der Waals surface area contributed by atoms with Crippen molar-refractivity contribution in [1.29, 1.82) is 0 Å².